The summed E-state index contributed by atoms with van der Waals surface area (Å²) in [5.41, 5.74) is 1.98. The summed E-state index contributed by atoms with van der Waals surface area (Å²) >= 11 is 0. The summed E-state index contributed by atoms with van der Waals surface area (Å²) in [6.07, 6.45) is -1.33. The van der Waals surface area contributed by atoms with E-state index in [0.717, 1.165) is 0 Å². The molecule has 1 amide bonds. The van der Waals surface area contributed by atoms with E-state index in [2.05, 4.69) is 9.57 Å². The lowest BCUT2D eigenvalue weighted by atomic mass is 10.4. The first kappa shape index (κ1) is 17.8. The molecule has 0 spiro atoms. The third kappa shape index (κ3) is 4.46. The maximum Gasteiger partial charge on any atom is 0.533 e. The van der Waals surface area contributed by atoms with Gasteiger partial charge in [-0.3, -0.25) is 4.79 Å². The molecule has 0 aliphatic rings. The summed E-state index contributed by atoms with van der Waals surface area (Å²) in [4.78, 5) is 27.7. The van der Waals surface area contributed by atoms with Crippen molar-refractivity contribution < 1.29 is 23.7 Å². The lowest BCUT2D eigenvalue weighted by Gasteiger charge is -2.18. The number of hydroxylamine groups is 1. The smallest absolute Gasteiger partial charge is 0.433 e. The summed E-state index contributed by atoms with van der Waals surface area (Å²) in [6, 6.07) is 17.5. The van der Waals surface area contributed by atoms with E-state index in [1.54, 1.807) is 55.5 Å². The second kappa shape index (κ2) is 8.31. The van der Waals surface area contributed by atoms with Gasteiger partial charge < -0.3 is 14.1 Å². The highest BCUT2D eigenvalue weighted by Gasteiger charge is 2.30. The molecule has 2 aromatic carbocycles. The second-order valence-corrected chi connectivity index (χ2v) is 7.71. The first-order chi connectivity index (χ1) is 11.6. The average molecular weight is 347 g/mol. The van der Waals surface area contributed by atoms with Crippen LogP contribution in [0.4, 0.5) is 4.79 Å². The molecule has 0 aliphatic carbocycles. The van der Waals surface area contributed by atoms with Crippen molar-refractivity contribution in [1.29, 1.82) is 0 Å². The monoisotopic (exact) mass is 347 g/mol. The Hall–Kier alpha value is -2.59. The number of ether oxygens (including phenoxy) is 1. The van der Waals surface area contributed by atoms with E-state index in [-0.39, 0.29) is 12.8 Å². The van der Waals surface area contributed by atoms with Crippen LogP contribution < -0.4 is 16.1 Å². The normalized spacial score (nSPS) is 10.7. The molecule has 126 valence electrons. The topological polar surface area (TPSA) is 81.7 Å². The second-order valence-electron chi connectivity index (χ2n) is 4.88. The van der Waals surface area contributed by atoms with Gasteiger partial charge in [0.05, 0.1) is 12.8 Å². The fourth-order valence-corrected chi connectivity index (χ4v) is 4.59. The van der Waals surface area contributed by atoms with Crippen LogP contribution in [0.15, 0.2) is 60.7 Å². The molecule has 2 aromatic rings. The van der Waals surface area contributed by atoms with Crippen molar-refractivity contribution in [2.24, 2.45) is 0 Å². The Morgan fingerprint density at radius 1 is 0.958 bits per heavy atom. The third-order valence-electron chi connectivity index (χ3n) is 3.22. The van der Waals surface area contributed by atoms with Crippen LogP contribution in [0.25, 0.3) is 0 Å². The summed E-state index contributed by atoms with van der Waals surface area (Å²) in [5.74, 6) is -0.668. The molecular formula is C17H18NO5P. The highest BCUT2D eigenvalue weighted by molar-refractivity contribution is 7.79. The van der Waals surface area contributed by atoms with E-state index >= 15 is 0 Å². The molecule has 2 rings (SSSR count). The number of hydrogen-bond acceptors (Lipinski definition) is 5. The molecule has 0 aromatic heterocycles. The van der Waals surface area contributed by atoms with Gasteiger partial charge in [-0.15, -0.1) is 0 Å². The zero-order valence-electron chi connectivity index (χ0n) is 13.2. The van der Waals surface area contributed by atoms with Gasteiger partial charge in [-0.1, -0.05) is 60.7 Å². The van der Waals surface area contributed by atoms with Crippen molar-refractivity contribution in [3.05, 3.63) is 60.7 Å². The Morgan fingerprint density at radius 2 is 1.46 bits per heavy atom. The van der Waals surface area contributed by atoms with E-state index in [1.165, 1.54) is 0 Å². The van der Waals surface area contributed by atoms with Crippen LogP contribution in [-0.4, -0.2) is 24.8 Å². The molecule has 0 saturated heterocycles. The van der Waals surface area contributed by atoms with Gasteiger partial charge in [0.2, 0.25) is 0 Å². The largest absolute Gasteiger partial charge is 0.533 e. The van der Waals surface area contributed by atoms with Crippen molar-refractivity contribution in [1.82, 2.24) is 5.48 Å². The number of hydrogen-bond donors (Lipinski definition) is 1. The molecule has 0 radical (unpaired) electrons. The molecule has 24 heavy (non-hydrogen) atoms. The van der Waals surface area contributed by atoms with Crippen LogP contribution in [-0.2, 0) is 18.9 Å². The van der Waals surface area contributed by atoms with E-state index in [4.69, 9.17) is 0 Å². The predicted octanol–water partition coefficient (Wildman–Crippen LogP) is 2.20. The van der Waals surface area contributed by atoms with Crippen molar-refractivity contribution in [3.63, 3.8) is 0 Å². The first-order valence-corrected chi connectivity index (χ1v) is 9.28. The maximum absolute atomic E-state index is 13.6. The molecule has 7 heteroatoms. The molecule has 0 aliphatic heterocycles. The van der Waals surface area contributed by atoms with Gasteiger partial charge in [-0.25, -0.2) is 4.79 Å². The number of nitrogens with one attached hydrogen (secondary N) is 1. The zero-order valence-corrected chi connectivity index (χ0v) is 14.1. The molecular weight excluding hydrogens is 329 g/mol. The number of benzene rings is 2. The van der Waals surface area contributed by atoms with Crippen LogP contribution in [0.1, 0.15) is 6.92 Å². The van der Waals surface area contributed by atoms with Crippen molar-refractivity contribution >= 4 is 29.8 Å². The lowest BCUT2D eigenvalue weighted by molar-refractivity contribution is -0.128. The molecule has 0 atom stereocenters. The third-order valence-corrected chi connectivity index (χ3v) is 6.22. The maximum atomic E-state index is 13.6. The fraction of sp³-hybridized carbons (Fsp3) is 0.176. The highest BCUT2D eigenvalue weighted by Crippen LogP contribution is 2.42. The summed E-state index contributed by atoms with van der Waals surface area (Å²) in [6.45, 7) is 1.74. The molecule has 0 unspecified atom stereocenters. The quantitative estimate of drug-likeness (QED) is 0.509. The minimum absolute atomic E-state index is 0.126. The van der Waals surface area contributed by atoms with Gasteiger partial charge in [-0.05, 0) is 6.92 Å². The summed E-state index contributed by atoms with van der Waals surface area (Å²) in [7, 11) is -3.20. The van der Waals surface area contributed by atoms with Crippen molar-refractivity contribution in [2.75, 3.05) is 12.8 Å². The van der Waals surface area contributed by atoms with Crippen LogP contribution >= 0.6 is 7.14 Å². The average Bonchev–Trinajstić information content (AvgIpc) is 2.62. The van der Waals surface area contributed by atoms with Crippen LogP contribution in [0.5, 0.6) is 0 Å². The minimum Gasteiger partial charge on any atom is -0.433 e. The Balaban J connectivity index is 2.21. The number of amides is 1. The Morgan fingerprint density at radius 3 is 1.92 bits per heavy atom. The summed E-state index contributed by atoms with van der Waals surface area (Å²) < 4.78 is 18.1. The number of rotatable bonds is 5. The van der Waals surface area contributed by atoms with E-state index in [9.17, 15) is 14.2 Å². The number of carbonyl (C=O) groups is 2. The predicted molar refractivity (Wildman–Crippen MR) is 90.9 cm³/mol. The van der Waals surface area contributed by atoms with Crippen LogP contribution in [0.3, 0.4) is 0 Å². The highest BCUT2D eigenvalue weighted by atomic mass is 31.2. The number of carbonyl (C=O) groups excluding carboxylic acids is 2. The molecule has 0 heterocycles. The molecule has 6 nitrogen and oxygen atoms in total. The van der Waals surface area contributed by atoms with Gasteiger partial charge in [0.15, 0.2) is 7.14 Å². The van der Waals surface area contributed by atoms with Crippen LogP contribution in [0.2, 0.25) is 0 Å². The fourth-order valence-electron chi connectivity index (χ4n) is 2.15. The van der Waals surface area contributed by atoms with E-state index < -0.39 is 19.2 Å². The molecule has 0 fully saturated rings. The molecule has 0 bridgehead atoms. The van der Waals surface area contributed by atoms with Gasteiger partial charge >= 0.3 is 6.16 Å². The Labute approximate surface area is 140 Å². The van der Waals surface area contributed by atoms with Crippen molar-refractivity contribution in [2.45, 2.75) is 6.92 Å². The van der Waals surface area contributed by atoms with Gasteiger partial charge in [0.1, 0.15) is 0 Å². The minimum atomic E-state index is -3.20. The van der Waals surface area contributed by atoms with Gasteiger partial charge in [0, 0.05) is 10.6 Å². The SMILES string of the molecule is CCOC(=O)ONC(=O)CP(=O)(c1ccccc1)c1ccccc1. The van der Waals surface area contributed by atoms with E-state index in [1.807, 2.05) is 17.6 Å². The van der Waals surface area contributed by atoms with Crippen molar-refractivity contribution in [3.8, 4) is 0 Å². The van der Waals surface area contributed by atoms with E-state index in [0.29, 0.717) is 10.6 Å². The zero-order chi connectivity index (χ0) is 17.4. The Kier molecular flexibility index (Phi) is 6.15. The Bertz CT molecular complexity index is 690. The van der Waals surface area contributed by atoms with Gasteiger partial charge in [-0.2, -0.15) is 5.48 Å². The van der Waals surface area contributed by atoms with Gasteiger partial charge in [0.25, 0.3) is 5.91 Å². The lowest BCUT2D eigenvalue weighted by Crippen LogP contribution is -2.33. The standard InChI is InChI=1S/C17H18NO5P/c1-2-22-17(20)23-18-16(19)13-24(21,14-9-5-3-6-10-14)15-11-7-4-8-12-15/h3-12H,2,13H2,1H3,(H,18,19). The van der Waals surface area contributed by atoms with Crippen LogP contribution in [0, 0.1) is 0 Å². The summed E-state index contributed by atoms with van der Waals surface area (Å²) in [5, 5.41) is 1.12. The first-order valence-electron chi connectivity index (χ1n) is 7.39. The molecule has 1 N–H and O–H groups in total. The molecule has 0 saturated carbocycles.